The lowest BCUT2D eigenvalue weighted by molar-refractivity contribution is -0.111. The van der Waals surface area contributed by atoms with Crippen LogP contribution in [0, 0.1) is 0 Å². The zero-order valence-electron chi connectivity index (χ0n) is 20.6. The van der Waals surface area contributed by atoms with Crippen molar-refractivity contribution in [3.05, 3.63) is 83.6 Å². The highest BCUT2D eigenvalue weighted by molar-refractivity contribution is 6.04. The number of para-hydroxylation sites is 1. The molecule has 4 rings (SSSR count). The normalized spacial score (nSPS) is 11.2. The molecule has 2 N–H and O–H groups in total. The number of amides is 1. The van der Waals surface area contributed by atoms with Gasteiger partial charge in [-0.25, -0.2) is 0 Å². The summed E-state index contributed by atoms with van der Waals surface area (Å²) in [7, 11) is 6.30. The van der Waals surface area contributed by atoms with Gasteiger partial charge < -0.3 is 29.2 Å². The maximum Gasteiger partial charge on any atom is 0.248 e. The van der Waals surface area contributed by atoms with Crippen LogP contribution in [-0.4, -0.2) is 39.3 Å². The Labute approximate surface area is 210 Å². The number of benzene rings is 3. The summed E-state index contributed by atoms with van der Waals surface area (Å²) in [5.41, 5.74) is 4.22. The number of ether oxygens (including phenoxy) is 4. The molecule has 0 radical (unpaired) electrons. The summed E-state index contributed by atoms with van der Waals surface area (Å²) in [6.07, 6.45) is 9.00. The largest absolute Gasteiger partial charge is 0.497 e. The molecule has 0 aliphatic heterocycles. The molecule has 7 nitrogen and oxygen atoms in total. The second-order valence-corrected chi connectivity index (χ2v) is 7.86. The number of anilines is 1. The Balaban J connectivity index is 1.59. The average Bonchev–Trinajstić information content (AvgIpc) is 3.33. The van der Waals surface area contributed by atoms with Gasteiger partial charge in [0.2, 0.25) is 11.7 Å². The van der Waals surface area contributed by atoms with Crippen LogP contribution in [0.15, 0.2) is 66.9 Å². The highest BCUT2D eigenvalue weighted by Crippen LogP contribution is 2.38. The molecule has 0 saturated carbocycles. The molecule has 0 spiro atoms. The number of hydrogen-bond acceptors (Lipinski definition) is 5. The molecule has 0 fully saturated rings. The van der Waals surface area contributed by atoms with E-state index in [-0.39, 0.29) is 5.91 Å². The molecule has 0 saturated heterocycles. The van der Waals surface area contributed by atoms with E-state index in [1.807, 2.05) is 66.9 Å². The Morgan fingerprint density at radius 3 is 2.25 bits per heavy atom. The molecule has 4 aromatic rings. The topological polar surface area (TPSA) is 81.8 Å². The van der Waals surface area contributed by atoms with Crippen LogP contribution in [0.3, 0.4) is 0 Å². The number of carbonyl (C=O) groups excluding carboxylic acids is 1. The minimum Gasteiger partial charge on any atom is -0.497 e. The van der Waals surface area contributed by atoms with E-state index in [1.165, 1.54) is 6.08 Å². The average molecular weight is 485 g/mol. The third-order valence-corrected chi connectivity index (χ3v) is 5.70. The van der Waals surface area contributed by atoms with Crippen LogP contribution in [0.2, 0.25) is 0 Å². The van der Waals surface area contributed by atoms with Crippen molar-refractivity contribution < 1.29 is 23.7 Å². The van der Waals surface area contributed by atoms with E-state index in [2.05, 4.69) is 10.3 Å². The lowest BCUT2D eigenvalue weighted by Crippen LogP contribution is -2.09. The smallest absolute Gasteiger partial charge is 0.248 e. The fraction of sp³-hybridized carbons (Fsp3) is 0.138. The minimum atomic E-state index is -0.254. The van der Waals surface area contributed by atoms with Gasteiger partial charge in [-0.05, 0) is 53.1 Å². The van der Waals surface area contributed by atoms with Crippen LogP contribution in [0.4, 0.5) is 5.69 Å². The van der Waals surface area contributed by atoms with Crippen LogP contribution < -0.4 is 24.3 Å². The number of rotatable bonds is 9. The van der Waals surface area contributed by atoms with Crippen molar-refractivity contribution in [3.63, 3.8) is 0 Å². The molecule has 0 aliphatic rings. The molecule has 0 aliphatic carbocycles. The Kier molecular flexibility index (Phi) is 7.60. The summed E-state index contributed by atoms with van der Waals surface area (Å²) in [6, 6.07) is 17.1. The van der Waals surface area contributed by atoms with E-state index in [0.717, 1.165) is 27.6 Å². The van der Waals surface area contributed by atoms with Crippen LogP contribution >= 0.6 is 0 Å². The first kappa shape index (κ1) is 24.5. The van der Waals surface area contributed by atoms with Gasteiger partial charge in [0.25, 0.3) is 0 Å². The van der Waals surface area contributed by atoms with E-state index in [9.17, 15) is 4.79 Å². The van der Waals surface area contributed by atoms with Crippen molar-refractivity contribution in [1.29, 1.82) is 0 Å². The van der Waals surface area contributed by atoms with E-state index >= 15 is 0 Å². The Morgan fingerprint density at radius 1 is 0.806 bits per heavy atom. The quantitative estimate of drug-likeness (QED) is 0.224. The molecule has 1 amide bonds. The van der Waals surface area contributed by atoms with Crippen molar-refractivity contribution in [2.24, 2.45) is 0 Å². The second-order valence-electron chi connectivity index (χ2n) is 7.86. The van der Waals surface area contributed by atoms with Crippen molar-refractivity contribution >= 4 is 40.7 Å². The van der Waals surface area contributed by atoms with Crippen molar-refractivity contribution in [1.82, 2.24) is 4.98 Å². The molecular weight excluding hydrogens is 456 g/mol. The van der Waals surface area contributed by atoms with Gasteiger partial charge in [-0.1, -0.05) is 30.4 Å². The molecule has 0 unspecified atom stereocenters. The maximum atomic E-state index is 12.8. The molecule has 3 aromatic carbocycles. The van der Waals surface area contributed by atoms with Gasteiger partial charge in [0, 0.05) is 29.2 Å². The fourth-order valence-corrected chi connectivity index (χ4v) is 3.87. The molecule has 1 heterocycles. The molecule has 0 bridgehead atoms. The monoisotopic (exact) mass is 484 g/mol. The zero-order chi connectivity index (χ0) is 25.5. The van der Waals surface area contributed by atoms with Gasteiger partial charge >= 0.3 is 0 Å². The predicted molar refractivity (Wildman–Crippen MR) is 144 cm³/mol. The van der Waals surface area contributed by atoms with Gasteiger partial charge in [0.15, 0.2) is 11.5 Å². The van der Waals surface area contributed by atoms with E-state index in [0.29, 0.717) is 28.7 Å². The first-order valence-corrected chi connectivity index (χ1v) is 11.3. The third-order valence-electron chi connectivity index (χ3n) is 5.70. The highest BCUT2D eigenvalue weighted by Gasteiger charge is 2.12. The first-order valence-electron chi connectivity index (χ1n) is 11.3. The number of aromatic amines is 1. The first-order chi connectivity index (χ1) is 17.6. The number of H-pyrrole nitrogens is 1. The lowest BCUT2D eigenvalue weighted by Gasteiger charge is -2.13. The van der Waals surface area contributed by atoms with Crippen molar-refractivity contribution in [2.45, 2.75) is 0 Å². The minimum absolute atomic E-state index is 0.254. The summed E-state index contributed by atoms with van der Waals surface area (Å²) >= 11 is 0. The van der Waals surface area contributed by atoms with E-state index < -0.39 is 0 Å². The molecular formula is C29H28N2O5. The third kappa shape index (κ3) is 5.36. The molecule has 184 valence electrons. The molecule has 7 heteroatoms. The van der Waals surface area contributed by atoms with Gasteiger partial charge in [-0.2, -0.15) is 0 Å². The number of fused-ring (bicyclic) bond motifs is 1. The summed E-state index contributed by atoms with van der Waals surface area (Å²) in [5, 5.41) is 4.01. The van der Waals surface area contributed by atoms with Gasteiger partial charge in [0.05, 0.1) is 34.1 Å². The number of carbonyl (C=O) groups is 1. The summed E-state index contributed by atoms with van der Waals surface area (Å²) in [5.74, 6) is 2.02. The van der Waals surface area contributed by atoms with Crippen molar-refractivity contribution in [3.8, 4) is 23.0 Å². The lowest BCUT2D eigenvalue weighted by atomic mass is 10.1. The van der Waals surface area contributed by atoms with E-state index in [1.54, 1.807) is 40.6 Å². The summed E-state index contributed by atoms with van der Waals surface area (Å²) in [6.45, 7) is 0. The molecule has 36 heavy (non-hydrogen) atoms. The van der Waals surface area contributed by atoms with Crippen LogP contribution in [0.25, 0.3) is 29.1 Å². The number of nitrogens with one attached hydrogen (secondary N) is 2. The standard InChI is InChI=1S/C29H28N2O5/c1-33-22-13-11-20(10-9-19-15-26(34-2)29(36-4)27(16-19)35-3)25(17-22)31-28(32)14-12-21-18-30-24-8-6-5-7-23(21)24/h5-18,30H,1-4H3,(H,31,32)/b10-9+,14-12+. The van der Waals surface area contributed by atoms with E-state index in [4.69, 9.17) is 18.9 Å². The SMILES string of the molecule is COc1ccc(/C=C/c2cc(OC)c(OC)c(OC)c2)c(NC(=O)/C=C/c2c[nH]c3ccccc23)c1. The second kappa shape index (κ2) is 11.2. The predicted octanol–water partition coefficient (Wildman–Crippen LogP) is 6.02. The maximum absolute atomic E-state index is 12.8. The number of aromatic nitrogens is 1. The Bertz CT molecular complexity index is 1410. The summed E-state index contributed by atoms with van der Waals surface area (Å²) < 4.78 is 21.6. The Hall–Kier alpha value is -4.65. The zero-order valence-corrected chi connectivity index (χ0v) is 20.6. The number of hydrogen-bond donors (Lipinski definition) is 2. The number of methoxy groups -OCH3 is 4. The van der Waals surface area contributed by atoms with Crippen LogP contribution in [0.1, 0.15) is 16.7 Å². The Morgan fingerprint density at radius 2 is 1.56 bits per heavy atom. The van der Waals surface area contributed by atoms with Crippen LogP contribution in [-0.2, 0) is 4.79 Å². The fourth-order valence-electron chi connectivity index (χ4n) is 3.87. The van der Waals surface area contributed by atoms with Crippen LogP contribution in [0.5, 0.6) is 23.0 Å². The van der Waals surface area contributed by atoms with Gasteiger partial charge in [-0.3, -0.25) is 4.79 Å². The van der Waals surface area contributed by atoms with Crippen molar-refractivity contribution in [2.75, 3.05) is 33.8 Å². The molecule has 1 aromatic heterocycles. The molecule has 0 atom stereocenters. The van der Waals surface area contributed by atoms with Gasteiger partial charge in [-0.15, -0.1) is 0 Å². The highest BCUT2D eigenvalue weighted by atomic mass is 16.5. The summed E-state index contributed by atoms with van der Waals surface area (Å²) in [4.78, 5) is 16.0. The van der Waals surface area contributed by atoms with Gasteiger partial charge in [0.1, 0.15) is 5.75 Å².